The third kappa shape index (κ3) is 2.78. The molecule has 1 spiro atoms. The summed E-state index contributed by atoms with van der Waals surface area (Å²) in [6.45, 7) is 1.94. The van der Waals surface area contributed by atoms with Gasteiger partial charge in [0.15, 0.2) is 0 Å². The molecule has 0 bridgehead atoms. The molecule has 1 aliphatic carbocycles. The molecule has 21 heavy (non-hydrogen) atoms. The average Bonchev–Trinajstić information content (AvgIpc) is 2.41. The minimum Gasteiger partial charge on any atom is -0.274 e. The number of nitrogens with zero attached hydrogens (tertiary/aromatic N) is 1. The van der Waals surface area contributed by atoms with E-state index in [2.05, 4.69) is 15.9 Å². The van der Waals surface area contributed by atoms with Gasteiger partial charge in [-0.1, -0.05) is 35.2 Å². The molecular weight excluding hydrogens is 330 g/mol. The van der Waals surface area contributed by atoms with Crippen LogP contribution in [0.3, 0.4) is 0 Å². The van der Waals surface area contributed by atoms with Crippen LogP contribution in [-0.4, -0.2) is 11.8 Å². The number of hydrogen-bond acceptors (Lipinski definition) is 2. The summed E-state index contributed by atoms with van der Waals surface area (Å²) >= 11 is 3.42. The molecule has 0 radical (unpaired) electrons. The summed E-state index contributed by atoms with van der Waals surface area (Å²) in [7, 11) is 0. The second kappa shape index (κ2) is 5.56. The lowest BCUT2D eigenvalue weighted by molar-refractivity contribution is -0.134. The van der Waals surface area contributed by atoms with E-state index in [-0.39, 0.29) is 17.2 Å². The van der Waals surface area contributed by atoms with Gasteiger partial charge in [-0.3, -0.25) is 14.5 Å². The van der Waals surface area contributed by atoms with Gasteiger partial charge in [0, 0.05) is 17.3 Å². The monoisotopic (exact) mass is 349 g/mol. The van der Waals surface area contributed by atoms with Crippen molar-refractivity contribution in [2.75, 3.05) is 4.90 Å². The van der Waals surface area contributed by atoms with E-state index in [0.717, 1.165) is 41.4 Å². The molecule has 1 aromatic carbocycles. The van der Waals surface area contributed by atoms with Gasteiger partial charge in [0.05, 0.1) is 5.69 Å². The normalized spacial score (nSPS) is 21.9. The Balaban J connectivity index is 1.88. The zero-order chi connectivity index (χ0) is 15.0. The van der Waals surface area contributed by atoms with E-state index in [1.54, 1.807) is 0 Å². The van der Waals surface area contributed by atoms with Gasteiger partial charge in [-0.25, -0.2) is 0 Å². The third-order valence-corrected chi connectivity index (χ3v) is 5.36. The zero-order valence-corrected chi connectivity index (χ0v) is 13.9. The lowest BCUT2D eigenvalue weighted by atomic mass is 9.67. The average molecular weight is 350 g/mol. The molecule has 2 fully saturated rings. The van der Waals surface area contributed by atoms with Gasteiger partial charge < -0.3 is 0 Å². The van der Waals surface area contributed by atoms with Gasteiger partial charge >= 0.3 is 0 Å². The number of halogens is 1. The molecule has 112 valence electrons. The first-order valence-electron chi connectivity index (χ1n) is 7.63. The Morgan fingerprint density at radius 3 is 2.24 bits per heavy atom. The minimum atomic E-state index is -0.0494. The summed E-state index contributed by atoms with van der Waals surface area (Å²) in [4.78, 5) is 26.6. The van der Waals surface area contributed by atoms with E-state index in [1.165, 1.54) is 11.3 Å². The molecule has 1 aromatic rings. The summed E-state index contributed by atoms with van der Waals surface area (Å²) in [5.74, 6) is -0.0582. The van der Waals surface area contributed by atoms with Crippen LogP contribution in [0, 0.1) is 12.3 Å². The van der Waals surface area contributed by atoms with E-state index in [0.29, 0.717) is 12.8 Å². The van der Waals surface area contributed by atoms with E-state index >= 15 is 0 Å². The van der Waals surface area contributed by atoms with E-state index in [1.807, 2.05) is 25.1 Å². The van der Waals surface area contributed by atoms with Crippen molar-refractivity contribution in [2.24, 2.45) is 5.41 Å². The van der Waals surface area contributed by atoms with Gasteiger partial charge in [-0.2, -0.15) is 0 Å². The highest BCUT2D eigenvalue weighted by atomic mass is 79.9. The van der Waals surface area contributed by atoms with Crippen LogP contribution in [0.25, 0.3) is 0 Å². The second-order valence-corrected chi connectivity index (χ2v) is 7.38. The standard InChI is InChI=1S/C17H20BrNO2/c1-12-9-13(18)5-6-14(12)19-15(20)10-17(11-16(19)21)7-3-2-4-8-17/h5-6,9H,2-4,7-8,10-11H2,1H3. The largest absolute Gasteiger partial charge is 0.274 e. The van der Waals surface area contributed by atoms with Crippen molar-refractivity contribution in [3.05, 3.63) is 28.2 Å². The highest BCUT2D eigenvalue weighted by Gasteiger charge is 2.44. The summed E-state index contributed by atoms with van der Waals surface area (Å²) in [5, 5.41) is 0. The summed E-state index contributed by atoms with van der Waals surface area (Å²) in [5.41, 5.74) is 1.64. The van der Waals surface area contributed by atoms with Crippen LogP contribution in [0.2, 0.25) is 0 Å². The molecule has 2 aliphatic rings. The number of anilines is 1. The summed E-state index contributed by atoms with van der Waals surface area (Å²) in [6, 6.07) is 5.68. The highest BCUT2D eigenvalue weighted by Crippen LogP contribution is 2.46. The van der Waals surface area contributed by atoms with Crippen LogP contribution in [0.4, 0.5) is 5.69 Å². The number of imide groups is 1. The van der Waals surface area contributed by atoms with Crippen LogP contribution >= 0.6 is 15.9 Å². The van der Waals surface area contributed by atoms with Crippen LogP contribution in [0.15, 0.2) is 22.7 Å². The van der Waals surface area contributed by atoms with Crippen molar-refractivity contribution in [1.29, 1.82) is 0 Å². The number of piperidine rings is 1. The van der Waals surface area contributed by atoms with Gasteiger partial charge in [-0.05, 0) is 48.9 Å². The number of rotatable bonds is 1. The number of amides is 2. The fourth-order valence-corrected chi connectivity index (χ4v) is 4.27. The number of carbonyl (C=O) groups is 2. The topological polar surface area (TPSA) is 37.4 Å². The fourth-order valence-electron chi connectivity index (χ4n) is 3.80. The summed E-state index contributed by atoms with van der Waals surface area (Å²) < 4.78 is 0.962. The number of hydrogen-bond donors (Lipinski definition) is 0. The fraction of sp³-hybridized carbons (Fsp3) is 0.529. The molecule has 2 amide bonds. The van der Waals surface area contributed by atoms with Crippen LogP contribution < -0.4 is 4.90 Å². The van der Waals surface area contributed by atoms with Crippen molar-refractivity contribution in [1.82, 2.24) is 0 Å². The molecule has 1 saturated heterocycles. The van der Waals surface area contributed by atoms with Crippen LogP contribution in [0.1, 0.15) is 50.5 Å². The number of carbonyl (C=O) groups excluding carboxylic acids is 2. The van der Waals surface area contributed by atoms with E-state index in [9.17, 15) is 9.59 Å². The molecular formula is C17H20BrNO2. The Kier molecular flexibility index (Phi) is 3.91. The van der Waals surface area contributed by atoms with Gasteiger partial charge in [-0.15, -0.1) is 0 Å². The Hall–Kier alpha value is -1.16. The highest BCUT2D eigenvalue weighted by molar-refractivity contribution is 9.10. The molecule has 0 unspecified atom stereocenters. The van der Waals surface area contributed by atoms with Crippen molar-refractivity contribution >= 4 is 33.4 Å². The van der Waals surface area contributed by atoms with E-state index in [4.69, 9.17) is 0 Å². The molecule has 0 aromatic heterocycles. The van der Waals surface area contributed by atoms with Gasteiger partial charge in [0.25, 0.3) is 0 Å². The van der Waals surface area contributed by atoms with Crippen molar-refractivity contribution < 1.29 is 9.59 Å². The zero-order valence-electron chi connectivity index (χ0n) is 12.3. The maximum atomic E-state index is 12.6. The second-order valence-electron chi connectivity index (χ2n) is 6.47. The summed E-state index contributed by atoms with van der Waals surface area (Å²) in [6.07, 6.45) is 6.63. The maximum absolute atomic E-state index is 12.6. The maximum Gasteiger partial charge on any atom is 0.234 e. The van der Waals surface area contributed by atoms with Crippen molar-refractivity contribution in [3.63, 3.8) is 0 Å². The number of benzene rings is 1. The van der Waals surface area contributed by atoms with Crippen molar-refractivity contribution in [3.8, 4) is 0 Å². The SMILES string of the molecule is Cc1cc(Br)ccc1N1C(=O)CC2(CCCCC2)CC1=O. The Morgan fingerprint density at radius 1 is 1.05 bits per heavy atom. The van der Waals surface area contributed by atoms with Crippen LogP contribution in [0.5, 0.6) is 0 Å². The van der Waals surface area contributed by atoms with Crippen molar-refractivity contribution in [2.45, 2.75) is 51.9 Å². The molecule has 3 rings (SSSR count). The lowest BCUT2D eigenvalue weighted by Crippen LogP contribution is -2.49. The smallest absolute Gasteiger partial charge is 0.234 e. The van der Waals surface area contributed by atoms with Gasteiger partial charge in [0.2, 0.25) is 11.8 Å². The van der Waals surface area contributed by atoms with Gasteiger partial charge in [0.1, 0.15) is 0 Å². The molecule has 1 saturated carbocycles. The van der Waals surface area contributed by atoms with E-state index < -0.39 is 0 Å². The Labute approximate surface area is 133 Å². The first-order chi connectivity index (χ1) is 10.0. The molecule has 0 atom stereocenters. The third-order valence-electron chi connectivity index (χ3n) is 4.87. The van der Waals surface area contributed by atoms with Crippen LogP contribution in [-0.2, 0) is 9.59 Å². The first kappa shape index (κ1) is 14.8. The molecule has 4 heteroatoms. The number of aryl methyl sites for hydroxylation is 1. The molecule has 1 aliphatic heterocycles. The first-order valence-corrected chi connectivity index (χ1v) is 8.42. The molecule has 0 N–H and O–H groups in total. The quantitative estimate of drug-likeness (QED) is 0.706. The Bertz CT molecular complexity index is 570. The molecule has 3 nitrogen and oxygen atoms in total. The predicted molar refractivity (Wildman–Crippen MR) is 86.1 cm³/mol. The minimum absolute atomic E-state index is 0.0291. The predicted octanol–water partition coefficient (Wildman–Crippen LogP) is 4.36. The Morgan fingerprint density at radius 2 is 1.67 bits per heavy atom. The molecule has 1 heterocycles. The lowest BCUT2D eigenvalue weighted by Gasteiger charge is -2.42.